The van der Waals surface area contributed by atoms with Gasteiger partial charge in [0.05, 0.1) is 7.11 Å². The monoisotopic (exact) mass is 252 g/mol. The van der Waals surface area contributed by atoms with Gasteiger partial charge in [-0.25, -0.2) is 0 Å². The third kappa shape index (κ3) is 3.72. The van der Waals surface area contributed by atoms with Crippen LogP contribution >= 0.6 is 0 Å². The van der Waals surface area contributed by atoms with Gasteiger partial charge in [-0.3, -0.25) is 0 Å². The average molecular weight is 252 g/mol. The zero-order valence-electron chi connectivity index (χ0n) is 12.1. The van der Waals surface area contributed by atoms with Crippen LogP contribution in [0.1, 0.15) is 29.5 Å². The van der Waals surface area contributed by atoms with Gasteiger partial charge in [-0.15, -0.1) is 0 Å². The Morgan fingerprint density at radius 2 is 1.72 bits per heavy atom. The summed E-state index contributed by atoms with van der Waals surface area (Å²) >= 11 is 0. The largest absolute Gasteiger partial charge is 0.496 e. The summed E-state index contributed by atoms with van der Waals surface area (Å²) in [6.07, 6.45) is 2.87. The van der Waals surface area contributed by atoms with Gasteiger partial charge in [-0.05, 0) is 55.9 Å². The number of hydrogen-bond donors (Lipinski definition) is 0. The number of ether oxygens (including phenoxy) is 3. The molecule has 0 unspecified atom stereocenters. The molecule has 102 valence electrons. The zero-order valence-corrected chi connectivity index (χ0v) is 12.1. The molecular formula is C15H24O3. The summed E-state index contributed by atoms with van der Waals surface area (Å²) in [6, 6.07) is 4.15. The Balaban J connectivity index is 2.66. The van der Waals surface area contributed by atoms with Crippen LogP contribution in [0.25, 0.3) is 0 Å². The number of rotatable bonds is 7. The predicted molar refractivity (Wildman–Crippen MR) is 73.2 cm³/mol. The normalized spacial score (nSPS) is 11.0. The molecule has 0 aliphatic carbocycles. The molecule has 1 rings (SSSR count). The molecule has 0 heterocycles. The van der Waals surface area contributed by atoms with Gasteiger partial charge in [-0.1, -0.05) is 6.07 Å². The van der Waals surface area contributed by atoms with E-state index >= 15 is 0 Å². The van der Waals surface area contributed by atoms with Gasteiger partial charge >= 0.3 is 0 Å². The van der Waals surface area contributed by atoms with Crippen molar-refractivity contribution in [1.82, 2.24) is 0 Å². The van der Waals surface area contributed by atoms with Gasteiger partial charge in [0.2, 0.25) is 0 Å². The summed E-state index contributed by atoms with van der Waals surface area (Å²) in [5.74, 6) is 0.964. The Morgan fingerprint density at radius 3 is 2.28 bits per heavy atom. The zero-order chi connectivity index (χ0) is 13.5. The Labute approximate surface area is 110 Å². The van der Waals surface area contributed by atoms with E-state index in [1.165, 1.54) is 16.7 Å². The Kier molecular flexibility index (Phi) is 6.16. The molecule has 1 aromatic rings. The molecule has 0 amide bonds. The lowest BCUT2D eigenvalue weighted by molar-refractivity contribution is -0.106. The second kappa shape index (κ2) is 7.39. The van der Waals surface area contributed by atoms with Crippen molar-refractivity contribution in [2.24, 2.45) is 0 Å². The summed E-state index contributed by atoms with van der Waals surface area (Å²) in [5, 5.41) is 0. The van der Waals surface area contributed by atoms with Gasteiger partial charge in [0.25, 0.3) is 0 Å². The Morgan fingerprint density at radius 1 is 1.06 bits per heavy atom. The van der Waals surface area contributed by atoms with Gasteiger partial charge in [0, 0.05) is 14.2 Å². The van der Waals surface area contributed by atoms with Gasteiger partial charge in [0.15, 0.2) is 6.29 Å². The van der Waals surface area contributed by atoms with Crippen LogP contribution in [-0.2, 0) is 15.9 Å². The van der Waals surface area contributed by atoms with Crippen molar-refractivity contribution in [3.8, 4) is 5.75 Å². The average Bonchev–Trinajstić information content (AvgIpc) is 2.38. The summed E-state index contributed by atoms with van der Waals surface area (Å²) in [7, 11) is 5.07. The highest BCUT2D eigenvalue weighted by Crippen LogP contribution is 2.25. The maximum Gasteiger partial charge on any atom is 0.156 e. The van der Waals surface area contributed by atoms with Crippen LogP contribution in [0.15, 0.2) is 12.1 Å². The molecule has 1 aromatic carbocycles. The fourth-order valence-electron chi connectivity index (χ4n) is 2.25. The molecule has 0 aliphatic rings. The van der Waals surface area contributed by atoms with Crippen molar-refractivity contribution in [1.29, 1.82) is 0 Å². The molecule has 0 saturated heterocycles. The minimum absolute atomic E-state index is 0.101. The molecule has 0 bridgehead atoms. The van der Waals surface area contributed by atoms with Crippen molar-refractivity contribution in [3.63, 3.8) is 0 Å². The molecule has 0 spiro atoms. The van der Waals surface area contributed by atoms with Crippen LogP contribution in [0.2, 0.25) is 0 Å². The quantitative estimate of drug-likeness (QED) is 0.697. The highest BCUT2D eigenvalue weighted by Gasteiger charge is 2.10. The van der Waals surface area contributed by atoms with E-state index in [9.17, 15) is 0 Å². The van der Waals surface area contributed by atoms with Crippen molar-refractivity contribution in [2.75, 3.05) is 21.3 Å². The molecule has 0 N–H and O–H groups in total. The second-order valence-electron chi connectivity index (χ2n) is 4.48. The van der Waals surface area contributed by atoms with E-state index in [1.807, 2.05) is 6.07 Å². The van der Waals surface area contributed by atoms with Crippen molar-refractivity contribution < 1.29 is 14.2 Å². The van der Waals surface area contributed by atoms with Gasteiger partial charge in [0.1, 0.15) is 5.75 Å². The summed E-state index contributed by atoms with van der Waals surface area (Å²) in [5.41, 5.74) is 3.93. The van der Waals surface area contributed by atoms with E-state index in [4.69, 9.17) is 14.2 Å². The minimum Gasteiger partial charge on any atom is -0.496 e. The van der Waals surface area contributed by atoms with E-state index in [2.05, 4.69) is 19.9 Å². The first-order valence-corrected chi connectivity index (χ1v) is 6.32. The van der Waals surface area contributed by atoms with Crippen LogP contribution in [0.5, 0.6) is 5.75 Å². The maximum atomic E-state index is 5.36. The van der Waals surface area contributed by atoms with Crippen LogP contribution in [-0.4, -0.2) is 27.6 Å². The van der Waals surface area contributed by atoms with Crippen LogP contribution < -0.4 is 4.74 Å². The molecule has 0 atom stereocenters. The minimum atomic E-state index is -0.101. The molecule has 0 aliphatic heterocycles. The van der Waals surface area contributed by atoms with E-state index in [0.29, 0.717) is 0 Å². The van der Waals surface area contributed by atoms with Crippen molar-refractivity contribution in [3.05, 3.63) is 28.8 Å². The predicted octanol–water partition coefficient (Wildman–Crippen LogP) is 3.25. The fraction of sp³-hybridized carbons (Fsp3) is 0.600. The van der Waals surface area contributed by atoms with Gasteiger partial charge < -0.3 is 14.2 Å². The smallest absolute Gasteiger partial charge is 0.156 e. The molecule has 18 heavy (non-hydrogen) atoms. The lowest BCUT2D eigenvalue weighted by Gasteiger charge is -2.16. The molecule has 0 fully saturated rings. The van der Waals surface area contributed by atoms with E-state index in [1.54, 1.807) is 21.3 Å². The molecule has 0 saturated carbocycles. The summed E-state index contributed by atoms with van der Waals surface area (Å²) in [6.45, 7) is 4.26. The summed E-state index contributed by atoms with van der Waals surface area (Å²) in [4.78, 5) is 0. The number of aryl methyl sites for hydroxylation is 1. The lowest BCUT2D eigenvalue weighted by Crippen LogP contribution is -2.13. The topological polar surface area (TPSA) is 27.7 Å². The molecule has 0 aromatic heterocycles. The van der Waals surface area contributed by atoms with Crippen molar-refractivity contribution >= 4 is 0 Å². The number of hydrogen-bond acceptors (Lipinski definition) is 3. The number of methoxy groups -OCH3 is 3. The Bertz CT molecular complexity index is 370. The second-order valence-corrected chi connectivity index (χ2v) is 4.48. The first-order valence-electron chi connectivity index (χ1n) is 6.32. The molecule has 3 heteroatoms. The van der Waals surface area contributed by atoms with Gasteiger partial charge in [-0.2, -0.15) is 0 Å². The SMILES string of the molecule is COc1ccc(C)c(CCCC(OC)OC)c1C. The Hall–Kier alpha value is -1.06. The van der Waals surface area contributed by atoms with E-state index in [-0.39, 0.29) is 6.29 Å². The molecular weight excluding hydrogens is 228 g/mol. The maximum absolute atomic E-state index is 5.36. The van der Waals surface area contributed by atoms with E-state index in [0.717, 1.165) is 25.0 Å². The van der Waals surface area contributed by atoms with E-state index < -0.39 is 0 Å². The number of benzene rings is 1. The molecule has 3 nitrogen and oxygen atoms in total. The third-order valence-electron chi connectivity index (χ3n) is 3.40. The van der Waals surface area contributed by atoms with Crippen LogP contribution in [0.4, 0.5) is 0 Å². The first-order chi connectivity index (χ1) is 8.63. The third-order valence-corrected chi connectivity index (χ3v) is 3.40. The highest BCUT2D eigenvalue weighted by atomic mass is 16.7. The van der Waals surface area contributed by atoms with Crippen LogP contribution in [0, 0.1) is 13.8 Å². The van der Waals surface area contributed by atoms with Crippen molar-refractivity contribution in [2.45, 2.75) is 39.4 Å². The lowest BCUT2D eigenvalue weighted by atomic mass is 9.97. The highest BCUT2D eigenvalue weighted by molar-refractivity contribution is 5.43. The summed E-state index contributed by atoms with van der Waals surface area (Å²) < 4.78 is 15.8. The van der Waals surface area contributed by atoms with Crippen LogP contribution in [0.3, 0.4) is 0 Å². The standard InChI is InChI=1S/C15H24O3/c1-11-9-10-14(16-3)12(2)13(11)7-6-8-15(17-4)18-5/h9-10,15H,6-8H2,1-5H3. The fourth-order valence-corrected chi connectivity index (χ4v) is 2.25. The first kappa shape index (κ1) is 15.0. The molecule has 0 radical (unpaired) electrons.